The third-order valence-electron chi connectivity index (χ3n) is 2.08. The van der Waals surface area contributed by atoms with Gasteiger partial charge in [0.1, 0.15) is 12.3 Å². The highest BCUT2D eigenvalue weighted by molar-refractivity contribution is 5.91. The van der Waals surface area contributed by atoms with E-state index in [1.165, 1.54) is 18.4 Å². The summed E-state index contributed by atoms with van der Waals surface area (Å²) in [5.41, 5.74) is 0. The number of carbonyl (C=O) groups is 2. The number of hydrogen-bond donors (Lipinski definition) is 2. The smallest absolute Gasteiger partial charge is 0.405 e. The first-order valence-electron chi connectivity index (χ1n) is 5.70. The quantitative estimate of drug-likeness (QED) is 0.779. The third kappa shape index (κ3) is 7.24. The topological polar surface area (TPSA) is 71.3 Å². The van der Waals surface area contributed by atoms with Crippen molar-refractivity contribution in [1.82, 2.24) is 10.6 Å². The zero-order valence-electron chi connectivity index (χ0n) is 10.4. The van der Waals surface area contributed by atoms with Gasteiger partial charge < -0.3 is 15.1 Å². The van der Waals surface area contributed by atoms with Gasteiger partial charge in [0.15, 0.2) is 0 Å². The Morgan fingerprint density at radius 1 is 1.30 bits per heavy atom. The third-order valence-corrected chi connectivity index (χ3v) is 2.08. The van der Waals surface area contributed by atoms with Gasteiger partial charge in [-0.2, -0.15) is 13.2 Å². The molecule has 0 saturated heterocycles. The lowest BCUT2D eigenvalue weighted by Gasteiger charge is -2.08. The molecule has 0 spiro atoms. The molecule has 110 valence electrons. The first kappa shape index (κ1) is 15.8. The minimum atomic E-state index is -4.44. The Bertz CT molecular complexity index is 467. The summed E-state index contributed by atoms with van der Waals surface area (Å²) in [6, 6.07) is 3.30. The molecular formula is C12H13F3N2O3. The summed E-state index contributed by atoms with van der Waals surface area (Å²) >= 11 is 0. The molecule has 0 fully saturated rings. The molecule has 20 heavy (non-hydrogen) atoms. The fourth-order valence-electron chi connectivity index (χ4n) is 1.19. The largest absolute Gasteiger partial charge is 0.465 e. The van der Waals surface area contributed by atoms with Crippen LogP contribution in [0.2, 0.25) is 0 Å². The molecular weight excluding hydrogens is 277 g/mol. The van der Waals surface area contributed by atoms with E-state index in [2.05, 4.69) is 5.32 Å². The van der Waals surface area contributed by atoms with Crippen LogP contribution >= 0.6 is 0 Å². The van der Waals surface area contributed by atoms with Crippen molar-refractivity contribution in [3.05, 3.63) is 30.2 Å². The van der Waals surface area contributed by atoms with E-state index in [0.29, 0.717) is 5.76 Å². The van der Waals surface area contributed by atoms with Crippen LogP contribution in [-0.2, 0) is 9.59 Å². The van der Waals surface area contributed by atoms with Gasteiger partial charge in [0.2, 0.25) is 11.8 Å². The number of halogens is 3. The van der Waals surface area contributed by atoms with Crippen molar-refractivity contribution in [3.63, 3.8) is 0 Å². The minimum Gasteiger partial charge on any atom is -0.465 e. The van der Waals surface area contributed by atoms with Crippen molar-refractivity contribution >= 4 is 17.9 Å². The maximum atomic E-state index is 11.8. The van der Waals surface area contributed by atoms with Gasteiger partial charge in [0.25, 0.3) is 0 Å². The number of carbonyl (C=O) groups excluding carboxylic acids is 2. The lowest BCUT2D eigenvalue weighted by molar-refractivity contribution is -0.138. The molecule has 1 rings (SSSR count). The second kappa shape index (κ2) is 7.37. The zero-order valence-corrected chi connectivity index (χ0v) is 10.4. The van der Waals surface area contributed by atoms with Crippen LogP contribution in [0.4, 0.5) is 13.2 Å². The van der Waals surface area contributed by atoms with Gasteiger partial charge in [-0.1, -0.05) is 0 Å². The minimum absolute atomic E-state index is 0.0506. The maximum absolute atomic E-state index is 11.8. The first-order valence-corrected chi connectivity index (χ1v) is 5.70. The molecule has 0 aliphatic heterocycles. The lowest BCUT2D eigenvalue weighted by atomic mass is 10.3. The van der Waals surface area contributed by atoms with Crippen molar-refractivity contribution in [1.29, 1.82) is 0 Å². The van der Waals surface area contributed by atoms with E-state index in [-0.39, 0.29) is 13.0 Å². The number of nitrogens with one attached hydrogen (secondary N) is 2. The molecule has 0 bridgehead atoms. The Labute approximate surface area is 112 Å². The van der Waals surface area contributed by atoms with Crippen LogP contribution in [-0.4, -0.2) is 31.1 Å². The van der Waals surface area contributed by atoms with Crippen LogP contribution in [0.25, 0.3) is 6.08 Å². The highest BCUT2D eigenvalue weighted by Gasteiger charge is 2.27. The van der Waals surface area contributed by atoms with E-state index in [0.717, 1.165) is 0 Å². The number of furan rings is 1. The number of rotatable bonds is 6. The summed E-state index contributed by atoms with van der Waals surface area (Å²) in [7, 11) is 0. The summed E-state index contributed by atoms with van der Waals surface area (Å²) in [4.78, 5) is 22.3. The molecule has 2 amide bonds. The fourth-order valence-corrected chi connectivity index (χ4v) is 1.19. The van der Waals surface area contributed by atoms with Crippen LogP contribution in [0.5, 0.6) is 0 Å². The molecule has 0 aliphatic carbocycles. The molecule has 0 saturated carbocycles. The summed E-state index contributed by atoms with van der Waals surface area (Å²) < 4.78 is 40.3. The predicted molar refractivity (Wildman–Crippen MR) is 64.4 cm³/mol. The monoisotopic (exact) mass is 290 g/mol. The van der Waals surface area contributed by atoms with E-state index in [9.17, 15) is 22.8 Å². The van der Waals surface area contributed by atoms with Crippen molar-refractivity contribution in [3.8, 4) is 0 Å². The Hall–Kier alpha value is -2.25. The van der Waals surface area contributed by atoms with Gasteiger partial charge in [0.05, 0.1) is 6.26 Å². The van der Waals surface area contributed by atoms with E-state index in [1.54, 1.807) is 17.4 Å². The van der Waals surface area contributed by atoms with E-state index in [1.807, 2.05) is 0 Å². The van der Waals surface area contributed by atoms with Crippen molar-refractivity contribution < 1.29 is 27.2 Å². The predicted octanol–water partition coefficient (Wildman–Crippen LogP) is 1.48. The molecule has 1 aromatic rings. The van der Waals surface area contributed by atoms with Gasteiger partial charge in [-0.3, -0.25) is 9.59 Å². The summed E-state index contributed by atoms with van der Waals surface area (Å²) in [6.45, 7) is -1.43. The molecule has 1 aromatic heterocycles. The van der Waals surface area contributed by atoms with Crippen LogP contribution < -0.4 is 10.6 Å². The van der Waals surface area contributed by atoms with Gasteiger partial charge in [-0.05, 0) is 18.2 Å². The van der Waals surface area contributed by atoms with Gasteiger partial charge in [-0.25, -0.2) is 0 Å². The van der Waals surface area contributed by atoms with Crippen LogP contribution in [0, 0.1) is 0 Å². The van der Waals surface area contributed by atoms with E-state index >= 15 is 0 Å². The molecule has 5 nitrogen and oxygen atoms in total. The zero-order chi connectivity index (χ0) is 15.0. The average molecular weight is 290 g/mol. The van der Waals surface area contributed by atoms with Crippen LogP contribution in [0.1, 0.15) is 12.2 Å². The van der Waals surface area contributed by atoms with Crippen molar-refractivity contribution in [2.75, 3.05) is 13.1 Å². The Morgan fingerprint density at radius 2 is 2.05 bits per heavy atom. The van der Waals surface area contributed by atoms with Gasteiger partial charge in [0, 0.05) is 19.0 Å². The molecule has 1 heterocycles. The molecule has 0 aliphatic rings. The van der Waals surface area contributed by atoms with Crippen LogP contribution in [0.15, 0.2) is 28.9 Å². The summed E-state index contributed by atoms with van der Waals surface area (Å²) in [5, 5.41) is 4.07. The van der Waals surface area contributed by atoms with Gasteiger partial charge >= 0.3 is 6.18 Å². The highest BCUT2D eigenvalue weighted by atomic mass is 19.4. The lowest BCUT2D eigenvalue weighted by Crippen LogP contribution is -2.35. The average Bonchev–Trinajstić information content (AvgIpc) is 2.86. The van der Waals surface area contributed by atoms with Crippen LogP contribution in [0.3, 0.4) is 0 Å². The Kier molecular flexibility index (Phi) is 5.82. The Balaban J connectivity index is 2.17. The number of amides is 2. The molecule has 8 heteroatoms. The van der Waals surface area contributed by atoms with Gasteiger partial charge in [-0.15, -0.1) is 0 Å². The fraction of sp³-hybridized carbons (Fsp3) is 0.333. The molecule has 0 unspecified atom stereocenters. The molecule has 0 aromatic carbocycles. The number of alkyl halides is 3. The molecule has 0 atom stereocenters. The Morgan fingerprint density at radius 3 is 2.65 bits per heavy atom. The summed E-state index contributed by atoms with van der Waals surface area (Å²) in [5.74, 6) is -0.759. The van der Waals surface area contributed by atoms with E-state index < -0.39 is 24.5 Å². The highest BCUT2D eigenvalue weighted by Crippen LogP contribution is 2.12. The standard InChI is InChI=1S/C12H13F3N2O3/c13-12(14,15)8-17-11(19)5-6-16-10(18)4-3-9-2-1-7-20-9/h1-4,7H,5-6,8H2,(H,16,18)(H,17,19)/b4-3+. The number of hydrogen-bond acceptors (Lipinski definition) is 3. The second-order valence-electron chi connectivity index (χ2n) is 3.78. The molecule has 0 radical (unpaired) electrons. The van der Waals surface area contributed by atoms with Crippen molar-refractivity contribution in [2.45, 2.75) is 12.6 Å². The maximum Gasteiger partial charge on any atom is 0.405 e. The van der Waals surface area contributed by atoms with Crippen molar-refractivity contribution in [2.24, 2.45) is 0 Å². The van der Waals surface area contributed by atoms with E-state index in [4.69, 9.17) is 4.42 Å². The SMILES string of the molecule is O=C(/C=C/c1ccco1)NCCC(=O)NCC(F)(F)F. The normalized spacial score (nSPS) is 11.6. The summed E-state index contributed by atoms with van der Waals surface area (Å²) in [6.07, 6.45) is -0.588. The second-order valence-corrected chi connectivity index (χ2v) is 3.78. The first-order chi connectivity index (χ1) is 9.37. The molecule has 2 N–H and O–H groups in total.